The minimum absolute atomic E-state index is 0.329. The van der Waals surface area contributed by atoms with Crippen molar-refractivity contribution in [2.75, 3.05) is 45.8 Å². The molecule has 0 unspecified atom stereocenters. The van der Waals surface area contributed by atoms with Crippen LogP contribution in [-0.4, -0.2) is 72.5 Å². The molecule has 0 N–H and O–H groups in total. The minimum Gasteiger partial charge on any atom is -0.339 e. The molecule has 17 heavy (non-hydrogen) atoms. The fraction of sp³-hybridized carbons (Fsp3) is 0.923. The summed E-state index contributed by atoms with van der Waals surface area (Å²) < 4.78 is 0. The van der Waals surface area contributed by atoms with Gasteiger partial charge < -0.3 is 4.90 Å². The number of nitrogens with zero attached hydrogens (tertiary/aromatic N) is 3. The molecule has 0 atom stereocenters. The molecule has 0 aromatic carbocycles. The lowest BCUT2D eigenvalue weighted by molar-refractivity contribution is -0.134. The van der Waals surface area contributed by atoms with E-state index in [1.165, 1.54) is 12.8 Å². The summed E-state index contributed by atoms with van der Waals surface area (Å²) in [6, 6.07) is 0.603. The molecule has 0 spiro atoms. The number of hydrogen-bond acceptors (Lipinski definition) is 3. The topological polar surface area (TPSA) is 26.8 Å². The highest BCUT2D eigenvalue weighted by Crippen LogP contribution is 2.10. The maximum Gasteiger partial charge on any atom is 0.236 e. The minimum atomic E-state index is 0.329. The molecule has 2 saturated heterocycles. The number of hydrogen-bond donors (Lipinski definition) is 0. The summed E-state index contributed by atoms with van der Waals surface area (Å²) in [6.07, 6.45) is 2.52. The number of likely N-dealkylation sites (tertiary alicyclic amines) is 1. The van der Waals surface area contributed by atoms with Gasteiger partial charge in [-0.05, 0) is 39.8 Å². The van der Waals surface area contributed by atoms with E-state index < -0.39 is 0 Å². The lowest BCUT2D eigenvalue weighted by atomic mass is 10.2. The third kappa shape index (κ3) is 3.42. The Kier molecular flexibility index (Phi) is 4.40. The van der Waals surface area contributed by atoms with E-state index in [2.05, 4.69) is 23.6 Å². The molecule has 1 amide bonds. The normalized spacial score (nSPS) is 23.6. The molecule has 0 saturated carbocycles. The van der Waals surface area contributed by atoms with Gasteiger partial charge in [-0.2, -0.15) is 0 Å². The number of amides is 1. The molecule has 0 radical (unpaired) electrons. The molecule has 4 nitrogen and oxygen atoms in total. The van der Waals surface area contributed by atoms with Gasteiger partial charge in [0.25, 0.3) is 0 Å². The van der Waals surface area contributed by atoms with Crippen molar-refractivity contribution >= 4 is 5.91 Å². The van der Waals surface area contributed by atoms with Gasteiger partial charge in [-0.25, -0.2) is 0 Å². The fourth-order valence-electron chi connectivity index (χ4n) is 2.72. The molecule has 0 aromatic rings. The van der Waals surface area contributed by atoms with Gasteiger partial charge in [-0.1, -0.05) is 0 Å². The van der Waals surface area contributed by atoms with Gasteiger partial charge in [-0.3, -0.25) is 14.6 Å². The molecule has 2 fully saturated rings. The fourth-order valence-corrected chi connectivity index (χ4v) is 2.72. The predicted molar refractivity (Wildman–Crippen MR) is 69.0 cm³/mol. The quantitative estimate of drug-likeness (QED) is 0.723. The average molecular weight is 239 g/mol. The highest BCUT2D eigenvalue weighted by molar-refractivity contribution is 5.78. The Bertz CT molecular complexity index is 253. The molecule has 2 aliphatic heterocycles. The SMILES string of the molecule is CC(C)N1CCN(C(=O)CN2CCCC2)CC1. The van der Waals surface area contributed by atoms with Crippen LogP contribution < -0.4 is 0 Å². The van der Waals surface area contributed by atoms with E-state index in [0.717, 1.165) is 39.3 Å². The molecule has 2 heterocycles. The standard InChI is InChI=1S/C13H25N3O/c1-12(2)15-7-9-16(10-8-15)13(17)11-14-5-3-4-6-14/h12H,3-11H2,1-2H3. The smallest absolute Gasteiger partial charge is 0.236 e. The second-order valence-electron chi connectivity index (χ2n) is 5.49. The first-order valence-corrected chi connectivity index (χ1v) is 6.91. The van der Waals surface area contributed by atoms with Crippen LogP contribution in [0.2, 0.25) is 0 Å². The van der Waals surface area contributed by atoms with E-state index >= 15 is 0 Å². The van der Waals surface area contributed by atoms with E-state index in [9.17, 15) is 4.79 Å². The van der Waals surface area contributed by atoms with Crippen molar-refractivity contribution in [3.63, 3.8) is 0 Å². The Balaban J connectivity index is 1.74. The summed E-state index contributed by atoms with van der Waals surface area (Å²) >= 11 is 0. The van der Waals surface area contributed by atoms with E-state index in [-0.39, 0.29) is 0 Å². The Morgan fingerprint density at radius 3 is 2.12 bits per heavy atom. The largest absolute Gasteiger partial charge is 0.339 e. The van der Waals surface area contributed by atoms with Gasteiger partial charge in [-0.15, -0.1) is 0 Å². The first kappa shape index (κ1) is 12.8. The molecule has 2 aliphatic rings. The van der Waals surface area contributed by atoms with Crippen LogP contribution in [0.5, 0.6) is 0 Å². The van der Waals surface area contributed by atoms with Crippen molar-refractivity contribution in [1.82, 2.24) is 14.7 Å². The highest BCUT2D eigenvalue weighted by atomic mass is 16.2. The van der Waals surface area contributed by atoms with Crippen LogP contribution >= 0.6 is 0 Å². The molecule has 2 rings (SSSR count). The van der Waals surface area contributed by atoms with E-state index in [4.69, 9.17) is 0 Å². The summed E-state index contributed by atoms with van der Waals surface area (Å²) in [6.45, 7) is 11.2. The maximum atomic E-state index is 12.1. The van der Waals surface area contributed by atoms with Gasteiger partial charge in [0.15, 0.2) is 0 Å². The summed E-state index contributed by atoms with van der Waals surface area (Å²) in [5, 5.41) is 0. The Morgan fingerprint density at radius 1 is 1.00 bits per heavy atom. The van der Waals surface area contributed by atoms with E-state index in [1.54, 1.807) is 0 Å². The van der Waals surface area contributed by atoms with Crippen molar-refractivity contribution in [3.05, 3.63) is 0 Å². The van der Waals surface area contributed by atoms with Gasteiger partial charge in [0.05, 0.1) is 6.54 Å². The molecule has 98 valence electrons. The van der Waals surface area contributed by atoms with Crippen LogP contribution in [0.3, 0.4) is 0 Å². The van der Waals surface area contributed by atoms with Crippen LogP contribution in [0, 0.1) is 0 Å². The third-order valence-corrected chi connectivity index (χ3v) is 3.95. The van der Waals surface area contributed by atoms with E-state index in [0.29, 0.717) is 18.5 Å². The van der Waals surface area contributed by atoms with Crippen molar-refractivity contribution < 1.29 is 4.79 Å². The number of carbonyl (C=O) groups excluding carboxylic acids is 1. The van der Waals surface area contributed by atoms with Gasteiger partial charge >= 0.3 is 0 Å². The molecule has 0 bridgehead atoms. The van der Waals surface area contributed by atoms with Crippen molar-refractivity contribution in [1.29, 1.82) is 0 Å². The third-order valence-electron chi connectivity index (χ3n) is 3.95. The Labute approximate surface area is 105 Å². The summed E-state index contributed by atoms with van der Waals surface area (Å²) in [7, 11) is 0. The average Bonchev–Trinajstić information content (AvgIpc) is 2.82. The number of rotatable bonds is 3. The molecule has 0 aliphatic carbocycles. The van der Waals surface area contributed by atoms with Crippen molar-refractivity contribution in [2.24, 2.45) is 0 Å². The molecule has 0 aromatic heterocycles. The van der Waals surface area contributed by atoms with Gasteiger partial charge in [0, 0.05) is 32.2 Å². The summed E-state index contributed by atoms with van der Waals surface area (Å²) in [5.74, 6) is 0.329. The lowest BCUT2D eigenvalue weighted by Gasteiger charge is -2.37. The number of piperazine rings is 1. The van der Waals surface area contributed by atoms with Crippen LogP contribution in [0.1, 0.15) is 26.7 Å². The van der Waals surface area contributed by atoms with Crippen LogP contribution in [0.4, 0.5) is 0 Å². The second-order valence-corrected chi connectivity index (χ2v) is 5.49. The predicted octanol–water partition coefficient (Wildman–Crippen LogP) is 0.635. The lowest BCUT2D eigenvalue weighted by Crippen LogP contribution is -2.52. The second kappa shape index (κ2) is 5.83. The zero-order chi connectivity index (χ0) is 12.3. The number of carbonyl (C=O) groups is 1. The van der Waals surface area contributed by atoms with Crippen molar-refractivity contribution in [3.8, 4) is 0 Å². The molecule has 4 heteroatoms. The van der Waals surface area contributed by atoms with Crippen LogP contribution in [-0.2, 0) is 4.79 Å². The Morgan fingerprint density at radius 2 is 1.59 bits per heavy atom. The molecular weight excluding hydrogens is 214 g/mol. The monoisotopic (exact) mass is 239 g/mol. The first-order chi connectivity index (χ1) is 8.16. The van der Waals surface area contributed by atoms with Gasteiger partial charge in [0.2, 0.25) is 5.91 Å². The highest BCUT2D eigenvalue weighted by Gasteiger charge is 2.24. The van der Waals surface area contributed by atoms with E-state index in [1.807, 2.05) is 4.90 Å². The zero-order valence-corrected chi connectivity index (χ0v) is 11.2. The Hall–Kier alpha value is -0.610. The van der Waals surface area contributed by atoms with Crippen LogP contribution in [0.25, 0.3) is 0 Å². The maximum absolute atomic E-state index is 12.1. The van der Waals surface area contributed by atoms with Crippen LogP contribution in [0.15, 0.2) is 0 Å². The van der Waals surface area contributed by atoms with Crippen molar-refractivity contribution in [2.45, 2.75) is 32.7 Å². The first-order valence-electron chi connectivity index (χ1n) is 6.91. The molecular formula is C13H25N3O. The zero-order valence-electron chi connectivity index (χ0n) is 11.2. The van der Waals surface area contributed by atoms with Gasteiger partial charge in [0.1, 0.15) is 0 Å². The summed E-state index contributed by atoms with van der Waals surface area (Å²) in [5.41, 5.74) is 0. The summed E-state index contributed by atoms with van der Waals surface area (Å²) in [4.78, 5) is 18.9.